The number of hydrogen-bond donors (Lipinski definition) is 1. The molecule has 1 unspecified atom stereocenters. The molecule has 1 heterocycles. The molecule has 1 aliphatic heterocycles. The van der Waals surface area contributed by atoms with Crippen molar-refractivity contribution in [3.63, 3.8) is 0 Å². The minimum atomic E-state index is -1.05. The predicted octanol–water partition coefficient (Wildman–Crippen LogP) is 2.10. The van der Waals surface area contributed by atoms with Crippen LogP contribution in [0.5, 0.6) is 0 Å². The molecule has 7 nitrogen and oxygen atoms in total. The second kappa shape index (κ2) is 6.79. The van der Waals surface area contributed by atoms with Gasteiger partial charge in [0.25, 0.3) is 11.8 Å². The Morgan fingerprint density at radius 1 is 0.962 bits per heavy atom. The number of fused-ring (bicyclic) bond motifs is 1. The normalized spacial score (nSPS) is 14.0. The summed E-state index contributed by atoms with van der Waals surface area (Å²) < 4.78 is 4.69. The van der Waals surface area contributed by atoms with Gasteiger partial charge >= 0.3 is 5.97 Å². The van der Waals surface area contributed by atoms with Gasteiger partial charge in [0.2, 0.25) is 5.91 Å². The van der Waals surface area contributed by atoms with Crippen LogP contribution in [0.2, 0.25) is 0 Å². The molecule has 0 fully saturated rings. The van der Waals surface area contributed by atoms with Crippen LogP contribution in [0.3, 0.4) is 0 Å². The maximum Gasteiger partial charge on any atom is 0.339 e. The topological polar surface area (TPSA) is 92.8 Å². The molecule has 3 rings (SSSR count). The standard InChI is InChI=1S/C19H16N2O5/c1-11(21-17(23)12-7-3-4-8-13(12)18(21)24)16(22)20-15-10-6-5-9-14(15)19(25)26-2/h3-11H,1-2H3,(H,20,22). The Balaban J connectivity index is 1.83. The summed E-state index contributed by atoms with van der Waals surface area (Å²) in [5.41, 5.74) is 0.963. The molecule has 3 amide bonds. The molecule has 1 N–H and O–H groups in total. The van der Waals surface area contributed by atoms with E-state index in [9.17, 15) is 19.2 Å². The van der Waals surface area contributed by atoms with E-state index in [0.29, 0.717) is 0 Å². The summed E-state index contributed by atoms with van der Waals surface area (Å²) in [5, 5.41) is 2.58. The van der Waals surface area contributed by atoms with Gasteiger partial charge in [0.05, 0.1) is 29.5 Å². The van der Waals surface area contributed by atoms with Crippen molar-refractivity contribution < 1.29 is 23.9 Å². The number of carbonyl (C=O) groups is 4. The van der Waals surface area contributed by atoms with Gasteiger partial charge in [0.1, 0.15) is 6.04 Å². The molecule has 0 aromatic heterocycles. The predicted molar refractivity (Wildman–Crippen MR) is 92.8 cm³/mol. The van der Waals surface area contributed by atoms with E-state index in [2.05, 4.69) is 10.1 Å². The van der Waals surface area contributed by atoms with Crippen molar-refractivity contribution in [1.29, 1.82) is 0 Å². The molecule has 0 bridgehead atoms. The number of nitrogens with one attached hydrogen (secondary N) is 1. The van der Waals surface area contributed by atoms with Crippen molar-refractivity contribution in [3.8, 4) is 0 Å². The van der Waals surface area contributed by atoms with E-state index in [1.54, 1.807) is 42.5 Å². The van der Waals surface area contributed by atoms with Crippen LogP contribution < -0.4 is 5.32 Å². The van der Waals surface area contributed by atoms with Gasteiger partial charge in [-0.25, -0.2) is 4.79 Å². The van der Waals surface area contributed by atoms with Gasteiger partial charge in [-0.2, -0.15) is 0 Å². The number of amides is 3. The van der Waals surface area contributed by atoms with Crippen molar-refractivity contribution in [1.82, 2.24) is 4.90 Å². The van der Waals surface area contributed by atoms with E-state index in [-0.39, 0.29) is 22.4 Å². The summed E-state index contributed by atoms with van der Waals surface area (Å²) >= 11 is 0. The highest BCUT2D eigenvalue weighted by Gasteiger charge is 2.40. The highest BCUT2D eigenvalue weighted by Crippen LogP contribution is 2.25. The third kappa shape index (κ3) is 2.83. The second-order valence-corrected chi connectivity index (χ2v) is 5.73. The Labute approximate surface area is 149 Å². The summed E-state index contributed by atoms with van der Waals surface area (Å²) in [6.07, 6.45) is 0. The van der Waals surface area contributed by atoms with Gasteiger partial charge in [-0.1, -0.05) is 24.3 Å². The number of ether oxygens (including phenoxy) is 1. The minimum absolute atomic E-state index is 0.179. The first-order chi connectivity index (χ1) is 12.5. The first-order valence-corrected chi connectivity index (χ1v) is 7.91. The van der Waals surface area contributed by atoms with Crippen LogP contribution in [-0.4, -0.2) is 41.7 Å². The van der Waals surface area contributed by atoms with Crippen LogP contribution >= 0.6 is 0 Å². The number of rotatable bonds is 4. The average Bonchev–Trinajstić information content (AvgIpc) is 2.92. The number of nitrogens with zero attached hydrogens (tertiary/aromatic N) is 1. The van der Waals surface area contributed by atoms with E-state index in [1.165, 1.54) is 20.1 Å². The van der Waals surface area contributed by atoms with Crippen molar-refractivity contribution >= 4 is 29.4 Å². The molecule has 0 spiro atoms. The van der Waals surface area contributed by atoms with Crippen molar-refractivity contribution in [3.05, 3.63) is 65.2 Å². The van der Waals surface area contributed by atoms with E-state index in [1.807, 2.05) is 0 Å². The molecule has 1 atom stereocenters. The zero-order valence-electron chi connectivity index (χ0n) is 14.2. The molecular weight excluding hydrogens is 336 g/mol. The van der Waals surface area contributed by atoms with E-state index in [0.717, 1.165) is 4.90 Å². The first-order valence-electron chi connectivity index (χ1n) is 7.91. The molecule has 0 saturated carbocycles. The summed E-state index contributed by atoms with van der Waals surface area (Å²) in [5.74, 6) is -2.23. The highest BCUT2D eigenvalue weighted by molar-refractivity contribution is 6.23. The maximum absolute atomic E-state index is 12.6. The summed E-state index contributed by atoms with van der Waals surface area (Å²) in [4.78, 5) is 50.3. The largest absolute Gasteiger partial charge is 0.465 e. The van der Waals surface area contributed by atoms with Crippen molar-refractivity contribution in [2.24, 2.45) is 0 Å². The third-order valence-corrected chi connectivity index (χ3v) is 4.18. The van der Waals surface area contributed by atoms with Crippen molar-refractivity contribution in [2.75, 3.05) is 12.4 Å². The van der Waals surface area contributed by atoms with Crippen molar-refractivity contribution in [2.45, 2.75) is 13.0 Å². The lowest BCUT2D eigenvalue weighted by Gasteiger charge is -2.22. The lowest BCUT2D eigenvalue weighted by molar-refractivity contribution is -0.119. The molecule has 0 radical (unpaired) electrons. The number of esters is 1. The van der Waals surface area contributed by atoms with Gasteiger partial charge < -0.3 is 10.1 Å². The highest BCUT2D eigenvalue weighted by atomic mass is 16.5. The number of benzene rings is 2. The monoisotopic (exact) mass is 352 g/mol. The molecule has 7 heteroatoms. The average molecular weight is 352 g/mol. The van der Waals surface area contributed by atoms with Crippen LogP contribution in [0, 0.1) is 0 Å². The smallest absolute Gasteiger partial charge is 0.339 e. The van der Waals surface area contributed by atoms with E-state index < -0.39 is 29.7 Å². The van der Waals surface area contributed by atoms with Gasteiger partial charge in [-0.15, -0.1) is 0 Å². The van der Waals surface area contributed by atoms with Gasteiger partial charge in [0, 0.05) is 0 Å². The molecule has 0 aliphatic carbocycles. The fourth-order valence-corrected chi connectivity index (χ4v) is 2.79. The van der Waals surface area contributed by atoms with Gasteiger partial charge in [-0.05, 0) is 31.2 Å². The van der Waals surface area contributed by atoms with Crippen LogP contribution in [0.25, 0.3) is 0 Å². The lowest BCUT2D eigenvalue weighted by atomic mass is 10.1. The molecule has 2 aromatic rings. The van der Waals surface area contributed by atoms with Crippen LogP contribution in [0.4, 0.5) is 5.69 Å². The Morgan fingerprint density at radius 2 is 1.50 bits per heavy atom. The molecular formula is C19H16N2O5. The minimum Gasteiger partial charge on any atom is -0.465 e. The summed E-state index contributed by atoms with van der Waals surface area (Å²) in [6, 6.07) is 11.7. The Morgan fingerprint density at radius 3 is 2.08 bits per heavy atom. The number of imide groups is 1. The molecule has 0 saturated heterocycles. The molecule has 26 heavy (non-hydrogen) atoms. The Hall–Kier alpha value is -3.48. The second-order valence-electron chi connectivity index (χ2n) is 5.73. The van der Waals surface area contributed by atoms with E-state index in [4.69, 9.17) is 0 Å². The summed E-state index contributed by atoms with van der Waals surface area (Å²) in [7, 11) is 1.24. The lowest BCUT2D eigenvalue weighted by Crippen LogP contribution is -2.45. The molecule has 132 valence electrons. The van der Waals surface area contributed by atoms with Crippen LogP contribution in [0.15, 0.2) is 48.5 Å². The molecule has 1 aliphatic rings. The fourth-order valence-electron chi connectivity index (χ4n) is 2.79. The first kappa shape index (κ1) is 17.3. The zero-order chi connectivity index (χ0) is 18.8. The van der Waals surface area contributed by atoms with Crippen LogP contribution in [0.1, 0.15) is 38.0 Å². The SMILES string of the molecule is COC(=O)c1ccccc1NC(=O)C(C)N1C(=O)c2ccccc2C1=O. The third-order valence-electron chi connectivity index (χ3n) is 4.18. The zero-order valence-corrected chi connectivity index (χ0v) is 14.2. The van der Waals surface area contributed by atoms with Gasteiger partial charge in [0.15, 0.2) is 0 Å². The van der Waals surface area contributed by atoms with E-state index >= 15 is 0 Å². The summed E-state index contributed by atoms with van der Waals surface area (Å²) in [6.45, 7) is 1.46. The Bertz CT molecular complexity index is 887. The van der Waals surface area contributed by atoms with Crippen LogP contribution in [-0.2, 0) is 9.53 Å². The van der Waals surface area contributed by atoms with Gasteiger partial charge in [-0.3, -0.25) is 19.3 Å². The number of hydrogen-bond acceptors (Lipinski definition) is 5. The quantitative estimate of drug-likeness (QED) is 0.672. The number of para-hydroxylation sites is 1. The number of carbonyl (C=O) groups excluding carboxylic acids is 4. The maximum atomic E-state index is 12.6. The fraction of sp³-hybridized carbons (Fsp3) is 0.158. The Kier molecular flexibility index (Phi) is 4.53. The molecule has 2 aromatic carbocycles. The number of methoxy groups -OCH3 is 1. The number of anilines is 1.